The summed E-state index contributed by atoms with van der Waals surface area (Å²) >= 11 is 8.18. The maximum atomic E-state index is 14.0. The Balaban J connectivity index is 1.60. The zero-order valence-electron chi connectivity index (χ0n) is 20.3. The Morgan fingerprint density at radius 1 is 1.24 bits per heavy atom. The van der Waals surface area contributed by atoms with Gasteiger partial charge in [-0.3, -0.25) is 14.5 Å². The van der Waals surface area contributed by atoms with E-state index in [4.69, 9.17) is 11.6 Å². The van der Waals surface area contributed by atoms with Crippen molar-refractivity contribution in [2.24, 2.45) is 5.92 Å². The van der Waals surface area contributed by atoms with Crippen molar-refractivity contribution >= 4 is 50.7 Å². The number of hydrogen-bond acceptors (Lipinski definition) is 3. The van der Waals surface area contributed by atoms with Gasteiger partial charge in [-0.05, 0) is 81.7 Å². The normalized spacial score (nSPS) is 25.0. The minimum atomic E-state index is -1.08. The second kappa shape index (κ2) is 8.72. The van der Waals surface area contributed by atoms with Crippen LogP contribution in [-0.2, 0) is 17.8 Å². The highest BCUT2D eigenvalue weighted by Crippen LogP contribution is 2.40. The highest BCUT2D eigenvalue weighted by molar-refractivity contribution is 7.19. The van der Waals surface area contributed by atoms with E-state index in [9.17, 15) is 9.59 Å². The monoisotopic (exact) mass is 497 g/mol. The van der Waals surface area contributed by atoms with E-state index in [0.717, 1.165) is 47.9 Å². The molecular formula is C27H32ClN3O2S. The van der Waals surface area contributed by atoms with Gasteiger partial charge in [-0.2, -0.15) is 0 Å². The van der Waals surface area contributed by atoms with Gasteiger partial charge in [-0.1, -0.05) is 31.5 Å². The number of rotatable bonds is 4. The van der Waals surface area contributed by atoms with E-state index in [-0.39, 0.29) is 17.9 Å². The van der Waals surface area contributed by atoms with Crippen LogP contribution >= 0.6 is 22.9 Å². The maximum absolute atomic E-state index is 14.0. The summed E-state index contributed by atoms with van der Waals surface area (Å²) in [5.41, 5.74) is 2.08. The van der Waals surface area contributed by atoms with Gasteiger partial charge in [0.2, 0.25) is 5.91 Å². The number of aromatic nitrogens is 1. The molecule has 1 N–H and O–H groups in total. The van der Waals surface area contributed by atoms with Crippen LogP contribution in [0.5, 0.6) is 0 Å². The average Bonchev–Trinajstić information content (AvgIpc) is 3.36. The zero-order chi connectivity index (χ0) is 24.2. The van der Waals surface area contributed by atoms with Crippen LogP contribution in [0.15, 0.2) is 30.3 Å². The summed E-state index contributed by atoms with van der Waals surface area (Å²) < 4.78 is 3.14. The smallest absolute Gasteiger partial charge is 0.275 e. The molecule has 0 saturated heterocycles. The van der Waals surface area contributed by atoms with Crippen LogP contribution in [0.2, 0.25) is 5.02 Å². The SMILES string of the molecule is CCc1cc2c(cc3n2C[C@](C)(C(=O)NC2CCC(C)CC2)N(c2cccc(Cl)c2C)C3=O)s1. The van der Waals surface area contributed by atoms with Gasteiger partial charge in [-0.25, -0.2) is 0 Å². The lowest BCUT2D eigenvalue weighted by molar-refractivity contribution is -0.127. The van der Waals surface area contributed by atoms with E-state index in [1.54, 1.807) is 16.2 Å². The predicted molar refractivity (Wildman–Crippen MR) is 140 cm³/mol. The number of carbonyl (C=O) groups excluding carboxylic acids is 2. The number of halogens is 1. The molecule has 1 saturated carbocycles. The lowest BCUT2D eigenvalue weighted by Crippen LogP contribution is -2.65. The van der Waals surface area contributed by atoms with Crippen LogP contribution in [0, 0.1) is 12.8 Å². The van der Waals surface area contributed by atoms with Crippen LogP contribution in [0.3, 0.4) is 0 Å². The fourth-order valence-corrected chi connectivity index (χ4v) is 6.68. The van der Waals surface area contributed by atoms with Crippen molar-refractivity contribution in [3.8, 4) is 0 Å². The van der Waals surface area contributed by atoms with Crippen LogP contribution in [-0.4, -0.2) is 28.0 Å². The Morgan fingerprint density at radius 2 is 1.97 bits per heavy atom. The Labute approximate surface area is 210 Å². The molecule has 3 aromatic rings. The second-order valence-corrected chi connectivity index (χ2v) is 11.7. The Bertz CT molecular complexity index is 1270. The van der Waals surface area contributed by atoms with Crippen LogP contribution in [0.25, 0.3) is 10.2 Å². The molecule has 2 amide bonds. The highest BCUT2D eigenvalue weighted by atomic mass is 35.5. The molecule has 2 aliphatic rings. The fourth-order valence-electron chi connectivity index (χ4n) is 5.46. The molecule has 2 aromatic heterocycles. The van der Waals surface area contributed by atoms with Gasteiger partial charge in [0, 0.05) is 21.6 Å². The van der Waals surface area contributed by atoms with Crippen molar-refractivity contribution in [3.63, 3.8) is 0 Å². The first-order valence-electron chi connectivity index (χ1n) is 12.3. The molecule has 180 valence electrons. The van der Waals surface area contributed by atoms with Crippen LogP contribution in [0.1, 0.15) is 67.4 Å². The van der Waals surface area contributed by atoms with E-state index in [1.807, 2.05) is 42.7 Å². The Kier molecular flexibility index (Phi) is 6.01. The molecule has 0 unspecified atom stereocenters. The first-order chi connectivity index (χ1) is 16.2. The van der Waals surface area contributed by atoms with Crippen molar-refractivity contribution in [1.29, 1.82) is 0 Å². The van der Waals surface area contributed by atoms with Crippen molar-refractivity contribution in [3.05, 3.63) is 51.5 Å². The molecule has 0 bridgehead atoms. The largest absolute Gasteiger partial charge is 0.351 e. The number of benzene rings is 1. The van der Waals surface area contributed by atoms with E-state index in [2.05, 4.69) is 25.2 Å². The number of nitrogens with zero attached hydrogens (tertiary/aromatic N) is 2. The number of nitrogens with one attached hydrogen (secondary N) is 1. The van der Waals surface area contributed by atoms with Crippen molar-refractivity contribution in [2.45, 2.75) is 77.9 Å². The third-order valence-corrected chi connectivity index (χ3v) is 9.32. The van der Waals surface area contributed by atoms with Gasteiger partial charge in [0.1, 0.15) is 11.2 Å². The summed E-state index contributed by atoms with van der Waals surface area (Å²) in [7, 11) is 0. The molecule has 1 aliphatic heterocycles. The third-order valence-electron chi connectivity index (χ3n) is 7.69. The van der Waals surface area contributed by atoms with Crippen LogP contribution in [0.4, 0.5) is 5.69 Å². The molecule has 1 aliphatic carbocycles. The number of aryl methyl sites for hydroxylation is 1. The fraction of sp³-hybridized carbons (Fsp3) is 0.481. The number of hydrogen-bond donors (Lipinski definition) is 1. The molecular weight excluding hydrogens is 466 g/mol. The zero-order valence-corrected chi connectivity index (χ0v) is 21.9. The standard InChI is InChI=1S/C27H32ClN3O2S/c1-5-19-13-22-24(34-19)14-23-25(32)31(21-8-6-7-20(28)17(21)3)27(4,15-30(22)23)26(33)29-18-11-9-16(2)10-12-18/h6-8,13-14,16,18H,5,9-12,15H2,1-4H3,(H,29,33)/t16?,18?,27-/m1/s1. The lowest BCUT2D eigenvalue weighted by Gasteiger charge is -2.45. The van der Waals surface area contributed by atoms with Crippen molar-refractivity contribution in [1.82, 2.24) is 9.88 Å². The first-order valence-corrected chi connectivity index (χ1v) is 13.4. The Morgan fingerprint density at radius 3 is 2.68 bits per heavy atom. The first kappa shape index (κ1) is 23.4. The maximum Gasteiger partial charge on any atom is 0.275 e. The quantitative estimate of drug-likeness (QED) is 0.457. The van der Waals surface area contributed by atoms with E-state index in [0.29, 0.717) is 28.9 Å². The van der Waals surface area contributed by atoms with Gasteiger partial charge in [-0.15, -0.1) is 11.3 Å². The van der Waals surface area contributed by atoms with Gasteiger partial charge >= 0.3 is 0 Å². The summed E-state index contributed by atoms with van der Waals surface area (Å²) in [4.78, 5) is 31.0. The molecule has 34 heavy (non-hydrogen) atoms. The van der Waals surface area contributed by atoms with E-state index >= 15 is 0 Å². The minimum Gasteiger partial charge on any atom is -0.351 e. The van der Waals surface area contributed by atoms with E-state index < -0.39 is 5.54 Å². The van der Waals surface area contributed by atoms with E-state index in [1.165, 1.54) is 4.88 Å². The Hall–Kier alpha value is -2.31. The summed E-state index contributed by atoms with van der Waals surface area (Å²) in [6, 6.07) is 9.85. The molecule has 7 heteroatoms. The third kappa shape index (κ3) is 3.75. The molecule has 5 nitrogen and oxygen atoms in total. The highest BCUT2D eigenvalue weighted by Gasteiger charge is 2.49. The summed E-state index contributed by atoms with van der Waals surface area (Å²) in [5, 5.41) is 3.90. The summed E-state index contributed by atoms with van der Waals surface area (Å²) in [6.45, 7) is 8.62. The van der Waals surface area contributed by atoms with Gasteiger partial charge in [0.25, 0.3) is 5.91 Å². The molecule has 0 radical (unpaired) electrons. The number of fused-ring (bicyclic) bond motifs is 3. The van der Waals surface area contributed by atoms with Gasteiger partial charge in [0.05, 0.1) is 16.8 Å². The van der Waals surface area contributed by atoms with Crippen LogP contribution < -0.4 is 10.2 Å². The van der Waals surface area contributed by atoms with Crippen molar-refractivity contribution in [2.75, 3.05) is 4.90 Å². The topological polar surface area (TPSA) is 54.3 Å². The predicted octanol–water partition coefficient (Wildman–Crippen LogP) is 6.34. The lowest BCUT2D eigenvalue weighted by atomic mass is 9.86. The number of amides is 2. The van der Waals surface area contributed by atoms with Crippen molar-refractivity contribution < 1.29 is 9.59 Å². The second-order valence-electron chi connectivity index (χ2n) is 10.2. The minimum absolute atomic E-state index is 0.0989. The average molecular weight is 498 g/mol. The molecule has 3 heterocycles. The number of thiophene rings is 1. The summed E-state index contributed by atoms with van der Waals surface area (Å²) in [6.07, 6.45) is 5.16. The van der Waals surface area contributed by atoms with Gasteiger partial charge < -0.3 is 9.88 Å². The molecule has 5 rings (SSSR count). The molecule has 1 aromatic carbocycles. The molecule has 1 atom stereocenters. The number of anilines is 1. The summed E-state index contributed by atoms with van der Waals surface area (Å²) in [5.74, 6) is 0.443. The molecule has 0 spiro atoms. The molecule has 1 fully saturated rings. The van der Waals surface area contributed by atoms with Gasteiger partial charge in [0.15, 0.2) is 0 Å². The number of carbonyl (C=O) groups is 2.